The standard InChI is InChI=1S/C21H26N2O4/c1-4-26-20(24)22(18-12-8-6-9-13-18)16-17(3)23(21(25)27-5-2)19-14-10-7-11-15-19/h6-15,17H,4-5,16H2,1-3H3. The van der Waals surface area contributed by atoms with E-state index in [0.717, 1.165) is 0 Å². The zero-order chi connectivity index (χ0) is 19.6. The van der Waals surface area contributed by atoms with Crippen molar-refractivity contribution < 1.29 is 19.1 Å². The lowest BCUT2D eigenvalue weighted by Gasteiger charge is -2.32. The van der Waals surface area contributed by atoms with Crippen molar-refractivity contribution in [2.75, 3.05) is 29.6 Å². The molecule has 0 heterocycles. The lowest BCUT2D eigenvalue weighted by atomic mass is 10.2. The van der Waals surface area contributed by atoms with E-state index in [1.807, 2.05) is 67.6 Å². The number of hydrogen-bond acceptors (Lipinski definition) is 4. The number of nitrogens with zero attached hydrogens (tertiary/aromatic N) is 2. The first-order valence-corrected chi connectivity index (χ1v) is 9.08. The first-order chi connectivity index (χ1) is 13.1. The second kappa shape index (κ2) is 10.2. The van der Waals surface area contributed by atoms with Gasteiger partial charge in [0.15, 0.2) is 0 Å². The number of amides is 2. The van der Waals surface area contributed by atoms with Crippen molar-refractivity contribution in [3.05, 3.63) is 60.7 Å². The molecule has 0 bridgehead atoms. The summed E-state index contributed by atoms with van der Waals surface area (Å²) in [5.41, 5.74) is 1.42. The fraction of sp³-hybridized carbons (Fsp3) is 0.333. The average molecular weight is 370 g/mol. The summed E-state index contributed by atoms with van der Waals surface area (Å²) in [6, 6.07) is 18.2. The summed E-state index contributed by atoms with van der Waals surface area (Å²) >= 11 is 0. The van der Waals surface area contributed by atoms with Gasteiger partial charge in [-0.3, -0.25) is 9.80 Å². The van der Waals surface area contributed by atoms with E-state index < -0.39 is 12.2 Å². The maximum Gasteiger partial charge on any atom is 0.414 e. The highest BCUT2D eigenvalue weighted by Gasteiger charge is 2.28. The Kier molecular flexibility index (Phi) is 7.67. The molecule has 0 fully saturated rings. The fourth-order valence-corrected chi connectivity index (χ4v) is 2.76. The maximum absolute atomic E-state index is 12.6. The highest BCUT2D eigenvalue weighted by atomic mass is 16.6. The minimum atomic E-state index is -0.451. The van der Waals surface area contributed by atoms with Gasteiger partial charge in [-0.15, -0.1) is 0 Å². The summed E-state index contributed by atoms with van der Waals surface area (Å²) in [4.78, 5) is 28.2. The molecule has 0 aliphatic carbocycles. The lowest BCUT2D eigenvalue weighted by Crippen LogP contribution is -2.48. The molecule has 0 spiro atoms. The third kappa shape index (κ3) is 5.48. The Labute approximate surface area is 160 Å². The summed E-state index contributed by atoms with van der Waals surface area (Å²) in [5.74, 6) is 0. The van der Waals surface area contributed by atoms with E-state index in [4.69, 9.17) is 9.47 Å². The minimum absolute atomic E-state index is 0.260. The molecule has 144 valence electrons. The minimum Gasteiger partial charge on any atom is -0.449 e. The van der Waals surface area contributed by atoms with E-state index in [-0.39, 0.29) is 25.8 Å². The van der Waals surface area contributed by atoms with Crippen molar-refractivity contribution in [3.63, 3.8) is 0 Å². The first kappa shape index (κ1) is 20.3. The van der Waals surface area contributed by atoms with Gasteiger partial charge in [-0.1, -0.05) is 36.4 Å². The van der Waals surface area contributed by atoms with E-state index in [9.17, 15) is 9.59 Å². The van der Waals surface area contributed by atoms with E-state index in [0.29, 0.717) is 11.4 Å². The number of benzene rings is 2. The van der Waals surface area contributed by atoms with Crippen LogP contribution in [0, 0.1) is 0 Å². The molecule has 2 rings (SSSR count). The van der Waals surface area contributed by atoms with Crippen LogP contribution in [0.4, 0.5) is 21.0 Å². The van der Waals surface area contributed by atoms with Gasteiger partial charge in [0.05, 0.1) is 25.8 Å². The van der Waals surface area contributed by atoms with Gasteiger partial charge in [0, 0.05) is 11.4 Å². The molecular formula is C21H26N2O4. The Morgan fingerprint density at radius 1 is 0.815 bits per heavy atom. The normalized spacial score (nSPS) is 11.4. The van der Waals surface area contributed by atoms with Crippen LogP contribution in [0.25, 0.3) is 0 Å². The van der Waals surface area contributed by atoms with Gasteiger partial charge in [0.25, 0.3) is 0 Å². The van der Waals surface area contributed by atoms with E-state index in [2.05, 4.69) is 0 Å². The molecule has 2 aromatic rings. The van der Waals surface area contributed by atoms with Crippen molar-refractivity contribution in [2.24, 2.45) is 0 Å². The zero-order valence-corrected chi connectivity index (χ0v) is 16.0. The molecule has 0 radical (unpaired) electrons. The SMILES string of the molecule is CCOC(=O)N(CC(C)N(C(=O)OCC)c1ccccc1)c1ccccc1. The monoisotopic (exact) mass is 370 g/mol. The number of hydrogen-bond donors (Lipinski definition) is 0. The van der Waals surface area contributed by atoms with Crippen molar-refractivity contribution in [1.82, 2.24) is 0 Å². The average Bonchev–Trinajstić information content (AvgIpc) is 2.68. The second-order valence-corrected chi connectivity index (χ2v) is 5.90. The van der Waals surface area contributed by atoms with E-state index >= 15 is 0 Å². The van der Waals surface area contributed by atoms with E-state index in [1.54, 1.807) is 18.7 Å². The Morgan fingerprint density at radius 3 is 1.81 bits per heavy atom. The van der Waals surface area contributed by atoms with Crippen LogP contribution in [0.5, 0.6) is 0 Å². The van der Waals surface area contributed by atoms with Crippen LogP contribution >= 0.6 is 0 Å². The Morgan fingerprint density at radius 2 is 1.30 bits per heavy atom. The summed E-state index contributed by atoms with van der Waals surface area (Å²) in [6.07, 6.45) is -0.902. The Bertz CT molecular complexity index is 721. The molecule has 0 aromatic heterocycles. The Hall–Kier alpha value is -3.02. The molecule has 1 atom stereocenters. The van der Waals surface area contributed by atoms with Crippen LogP contribution in [0.15, 0.2) is 60.7 Å². The number of carbonyl (C=O) groups excluding carboxylic acids is 2. The van der Waals surface area contributed by atoms with Crippen LogP contribution in [0.1, 0.15) is 20.8 Å². The number of carbonyl (C=O) groups is 2. The van der Waals surface area contributed by atoms with Crippen LogP contribution < -0.4 is 9.80 Å². The van der Waals surface area contributed by atoms with Crippen LogP contribution in [0.3, 0.4) is 0 Å². The molecule has 0 saturated carbocycles. The molecule has 2 amide bonds. The molecule has 0 aliphatic heterocycles. The van der Waals surface area contributed by atoms with Crippen LogP contribution in [-0.4, -0.2) is 38.0 Å². The van der Waals surface area contributed by atoms with Gasteiger partial charge in [0.1, 0.15) is 0 Å². The lowest BCUT2D eigenvalue weighted by molar-refractivity contribution is 0.154. The molecule has 0 saturated heterocycles. The van der Waals surface area contributed by atoms with Crippen LogP contribution in [-0.2, 0) is 9.47 Å². The molecule has 6 heteroatoms. The first-order valence-electron chi connectivity index (χ1n) is 9.08. The molecule has 6 nitrogen and oxygen atoms in total. The summed E-state index contributed by atoms with van der Waals surface area (Å²) in [6.45, 7) is 6.21. The van der Waals surface area contributed by atoms with Gasteiger partial charge in [-0.2, -0.15) is 0 Å². The molecule has 0 aliphatic rings. The second-order valence-electron chi connectivity index (χ2n) is 5.90. The molecule has 27 heavy (non-hydrogen) atoms. The topological polar surface area (TPSA) is 59.1 Å². The highest BCUT2D eigenvalue weighted by molar-refractivity contribution is 5.90. The van der Waals surface area contributed by atoms with Gasteiger partial charge in [0.2, 0.25) is 0 Å². The quantitative estimate of drug-likeness (QED) is 0.709. The number of para-hydroxylation sites is 2. The van der Waals surface area contributed by atoms with Gasteiger partial charge in [-0.25, -0.2) is 9.59 Å². The van der Waals surface area contributed by atoms with E-state index in [1.165, 1.54) is 4.90 Å². The predicted octanol–water partition coefficient (Wildman–Crippen LogP) is 4.70. The molecule has 0 N–H and O–H groups in total. The molecule has 1 unspecified atom stereocenters. The van der Waals surface area contributed by atoms with Gasteiger partial charge in [-0.05, 0) is 45.0 Å². The van der Waals surface area contributed by atoms with Gasteiger partial charge < -0.3 is 9.47 Å². The number of anilines is 2. The maximum atomic E-state index is 12.6. The fourth-order valence-electron chi connectivity index (χ4n) is 2.76. The summed E-state index contributed by atoms with van der Waals surface area (Å²) in [7, 11) is 0. The number of rotatable bonds is 7. The van der Waals surface area contributed by atoms with Crippen molar-refractivity contribution in [2.45, 2.75) is 26.8 Å². The number of ether oxygens (including phenoxy) is 2. The van der Waals surface area contributed by atoms with Crippen molar-refractivity contribution in [3.8, 4) is 0 Å². The summed E-state index contributed by atoms with van der Waals surface area (Å²) < 4.78 is 10.4. The van der Waals surface area contributed by atoms with Crippen molar-refractivity contribution in [1.29, 1.82) is 0 Å². The van der Waals surface area contributed by atoms with Crippen molar-refractivity contribution >= 4 is 23.6 Å². The third-order valence-corrected chi connectivity index (χ3v) is 3.94. The third-order valence-electron chi connectivity index (χ3n) is 3.94. The molecule has 2 aromatic carbocycles. The zero-order valence-electron chi connectivity index (χ0n) is 16.0. The predicted molar refractivity (Wildman–Crippen MR) is 106 cm³/mol. The Balaban J connectivity index is 2.30. The summed E-state index contributed by atoms with van der Waals surface area (Å²) in [5, 5.41) is 0. The largest absolute Gasteiger partial charge is 0.449 e. The highest BCUT2D eigenvalue weighted by Crippen LogP contribution is 2.21. The van der Waals surface area contributed by atoms with Crippen LogP contribution in [0.2, 0.25) is 0 Å². The van der Waals surface area contributed by atoms with Gasteiger partial charge >= 0.3 is 12.2 Å². The molecular weight excluding hydrogens is 344 g/mol. The smallest absolute Gasteiger partial charge is 0.414 e.